The minimum Gasteiger partial charge on any atom is -0.335 e. The number of benzene rings is 1. The maximum atomic E-state index is 13.0. The van der Waals surface area contributed by atoms with Gasteiger partial charge in [0.1, 0.15) is 0 Å². The molecule has 1 aromatic heterocycles. The normalized spacial score (nSPS) is 11.0. The molecule has 2 rings (SSSR count). The highest BCUT2D eigenvalue weighted by atomic mass is 32.2. The van der Waals surface area contributed by atoms with Gasteiger partial charge in [-0.1, -0.05) is 23.9 Å². The number of hydrazine groups is 1. The van der Waals surface area contributed by atoms with Crippen LogP contribution in [0.5, 0.6) is 0 Å². The maximum absolute atomic E-state index is 13.0. The molecule has 2 aromatic rings. The van der Waals surface area contributed by atoms with Crippen molar-refractivity contribution >= 4 is 34.5 Å². The van der Waals surface area contributed by atoms with Crippen LogP contribution < -0.4 is 21.3 Å². The number of quaternary nitrogens is 1. The van der Waals surface area contributed by atoms with Crippen LogP contribution in [0.1, 0.15) is 27.2 Å². The molecule has 0 saturated heterocycles. The largest absolute Gasteiger partial charge is 0.335 e. The van der Waals surface area contributed by atoms with E-state index >= 15 is 0 Å². The molecule has 2 amide bonds. The Morgan fingerprint density at radius 1 is 1.18 bits per heavy atom. The Morgan fingerprint density at radius 3 is 2.57 bits per heavy atom. The van der Waals surface area contributed by atoms with Gasteiger partial charge in [0.05, 0.1) is 36.3 Å². The standard InChI is InChI=1S/C19H27N5O3S/c1-4-23(5-2)11-8-12-24-18(27)15-9-6-7-10-16(15)20-19(24)28-13-17(26)22-21-14(3)25/h6-7,9-10H,4-5,8,11-13H2,1-3H3,(H,21,25)(H,22,26)/p+1. The number of amides is 2. The predicted molar refractivity (Wildman–Crippen MR) is 110 cm³/mol. The molecule has 0 aliphatic carbocycles. The molecule has 1 heterocycles. The van der Waals surface area contributed by atoms with Crippen molar-refractivity contribution in [3.63, 3.8) is 0 Å². The number of hydrogen-bond acceptors (Lipinski definition) is 5. The Morgan fingerprint density at radius 2 is 1.89 bits per heavy atom. The van der Waals surface area contributed by atoms with Gasteiger partial charge >= 0.3 is 0 Å². The first-order valence-corrected chi connectivity index (χ1v) is 10.5. The summed E-state index contributed by atoms with van der Waals surface area (Å²) in [5, 5.41) is 1.08. The van der Waals surface area contributed by atoms with Gasteiger partial charge in [0.2, 0.25) is 11.8 Å². The second kappa shape index (κ2) is 10.8. The molecule has 0 unspecified atom stereocenters. The van der Waals surface area contributed by atoms with Crippen LogP contribution in [-0.2, 0) is 16.1 Å². The molecule has 0 spiro atoms. The van der Waals surface area contributed by atoms with Crippen molar-refractivity contribution in [3.05, 3.63) is 34.6 Å². The van der Waals surface area contributed by atoms with Gasteiger partial charge < -0.3 is 4.90 Å². The molecule has 0 atom stereocenters. The Bertz CT molecular complexity index is 879. The lowest BCUT2D eigenvalue weighted by molar-refractivity contribution is -0.896. The van der Waals surface area contributed by atoms with E-state index in [0.29, 0.717) is 22.6 Å². The summed E-state index contributed by atoms with van der Waals surface area (Å²) in [4.78, 5) is 41.8. The molecular weight excluding hydrogens is 378 g/mol. The molecule has 0 aliphatic rings. The number of nitrogens with zero attached hydrogens (tertiary/aromatic N) is 2. The third kappa shape index (κ3) is 6.07. The summed E-state index contributed by atoms with van der Waals surface area (Å²) in [5.41, 5.74) is 5.09. The van der Waals surface area contributed by atoms with Crippen LogP contribution >= 0.6 is 11.8 Å². The molecule has 0 bridgehead atoms. The van der Waals surface area contributed by atoms with Crippen molar-refractivity contribution in [3.8, 4) is 0 Å². The molecule has 0 aliphatic heterocycles. The lowest BCUT2D eigenvalue weighted by Gasteiger charge is -2.17. The van der Waals surface area contributed by atoms with Gasteiger partial charge in [-0.2, -0.15) is 0 Å². The Labute approximate surface area is 168 Å². The van der Waals surface area contributed by atoms with Gasteiger partial charge in [0.25, 0.3) is 5.56 Å². The summed E-state index contributed by atoms with van der Waals surface area (Å²) in [6, 6.07) is 7.22. The van der Waals surface area contributed by atoms with Crippen molar-refractivity contribution in [2.24, 2.45) is 0 Å². The third-order valence-corrected chi connectivity index (χ3v) is 5.43. The van der Waals surface area contributed by atoms with Crippen LogP contribution in [0.2, 0.25) is 0 Å². The van der Waals surface area contributed by atoms with E-state index < -0.39 is 0 Å². The van der Waals surface area contributed by atoms with Crippen LogP contribution in [0.15, 0.2) is 34.2 Å². The van der Waals surface area contributed by atoms with Crippen molar-refractivity contribution in [1.82, 2.24) is 20.4 Å². The summed E-state index contributed by atoms with van der Waals surface area (Å²) in [6.45, 7) is 9.23. The highest BCUT2D eigenvalue weighted by Crippen LogP contribution is 2.17. The molecule has 0 fully saturated rings. The average Bonchev–Trinajstić information content (AvgIpc) is 2.69. The highest BCUT2D eigenvalue weighted by Gasteiger charge is 2.14. The van der Waals surface area contributed by atoms with Crippen molar-refractivity contribution in [1.29, 1.82) is 0 Å². The molecule has 28 heavy (non-hydrogen) atoms. The number of nitrogens with one attached hydrogen (secondary N) is 3. The van der Waals surface area contributed by atoms with Crippen LogP contribution in [0.25, 0.3) is 10.9 Å². The fraction of sp³-hybridized carbons (Fsp3) is 0.474. The average molecular weight is 407 g/mol. The first kappa shape index (κ1) is 21.9. The lowest BCUT2D eigenvalue weighted by atomic mass is 10.2. The maximum Gasteiger partial charge on any atom is 0.262 e. The smallest absolute Gasteiger partial charge is 0.262 e. The van der Waals surface area contributed by atoms with Gasteiger partial charge in [-0.3, -0.25) is 29.8 Å². The number of para-hydroxylation sites is 1. The summed E-state index contributed by atoms with van der Waals surface area (Å²) < 4.78 is 1.65. The third-order valence-electron chi connectivity index (χ3n) is 4.45. The Balaban J connectivity index is 2.20. The zero-order valence-electron chi connectivity index (χ0n) is 16.6. The molecular formula is C19H28N5O3S+. The minimum absolute atomic E-state index is 0.0480. The molecule has 0 radical (unpaired) electrons. The van der Waals surface area contributed by atoms with Gasteiger partial charge in [-0.25, -0.2) is 4.98 Å². The van der Waals surface area contributed by atoms with E-state index in [9.17, 15) is 14.4 Å². The quantitative estimate of drug-likeness (QED) is 0.309. The molecule has 152 valence electrons. The molecule has 8 nitrogen and oxygen atoms in total. The van der Waals surface area contributed by atoms with E-state index in [0.717, 1.165) is 26.1 Å². The second-order valence-electron chi connectivity index (χ2n) is 6.45. The van der Waals surface area contributed by atoms with Crippen LogP contribution in [-0.4, -0.2) is 46.8 Å². The fourth-order valence-corrected chi connectivity index (χ4v) is 3.69. The minimum atomic E-state index is -0.359. The number of thioether (sulfide) groups is 1. The topological polar surface area (TPSA) is 97.5 Å². The van der Waals surface area contributed by atoms with Crippen molar-refractivity contribution in [2.75, 3.05) is 25.4 Å². The van der Waals surface area contributed by atoms with Crippen LogP contribution in [0, 0.1) is 0 Å². The lowest BCUT2D eigenvalue weighted by Crippen LogP contribution is -3.11. The number of hydrogen-bond donors (Lipinski definition) is 3. The van der Waals surface area contributed by atoms with E-state index in [4.69, 9.17) is 0 Å². The summed E-state index contributed by atoms with van der Waals surface area (Å²) in [6.07, 6.45) is 0.850. The second-order valence-corrected chi connectivity index (χ2v) is 7.39. The fourth-order valence-electron chi connectivity index (χ4n) is 2.87. The summed E-state index contributed by atoms with van der Waals surface area (Å²) in [7, 11) is 0. The van der Waals surface area contributed by atoms with Crippen LogP contribution in [0.4, 0.5) is 0 Å². The molecule has 0 saturated carbocycles. The first-order chi connectivity index (χ1) is 13.5. The van der Waals surface area contributed by atoms with Gasteiger partial charge in [-0.15, -0.1) is 0 Å². The number of carbonyl (C=O) groups excluding carboxylic acids is 2. The van der Waals surface area contributed by atoms with E-state index in [2.05, 4.69) is 29.7 Å². The zero-order chi connectivity index (χ0) is 20.5. The first-order valence-electron chi connectivity index (χ1n) is 9.47. The molecule has 9 heteroatoms. The van der Waals surface area contributed by atoms with Crippen LogP contribution in [0.3, 0.4) is 0 Å². The van der Waals surface area contributed by atoms with Gasteiger partial charge in [0.15, 0.2) is 5.16 Å². The molecule has 3 N–H and O–H groups in total. The molecule has 1 aromatic carbocycles. The summed E-state index contributed by atoms with van der Waals surface area (Å²) in [5.74, 6) is -0.661. The highest BCUT2D eigenvalue weighted by molar-refractivity contribution is 7.99. The Hall–Kier alpha value is -2.39. The number of rotatable bonds is 9. The Kier molecular flexibility index (Phi) is 8.46. The van der Waals surface area contributed by atoms with E-state index in [1.165, 1.54) is 23.6 Å². The van der Waals surface area contributed by atoms with Crippen molar-refractivity contribution < 1.29 is 14.5 Å². The predicted octanol–water partition coefficient (Wildman–Crippen LogP) is -0.0293. The van der Waals surface area contributed by atoms with Crippen molar-refractivity contribution in [2.45, 2.75) is 38.9 Å². The van der Waals surface area contributed by atoms with E-state index in [1.807, 2.05) is 12.1 Å². The number of fused-ring (bicyclic) bond motifs is 1. The zero-order valence-corrected chi connectivity index (χ0v) is 17.4. The van der Waals surface area contributed by atoms with Gasteiger partial charge in [-0.05, 0) is 26.0 Å². The number of aromatic nitrogens is 2. The monoisotopic (exact) mass is 406 g/mol. The van der Waals surface area contributed by atoms with E-state index in [1.54, 1.807) is 16.7 Å². The van der Waals surface area contributed by atoms with Gasteiger partial charge in [0, 0.05) is 19.9 Å². The number of carbonyl (C=O) groups is 2. The van der Waals surface area contributed by atoms with E-state index in [-0.39, 0.29) is 23.1 Å². The SMILES string of the molecule is CC[NH+](CC)CCCn1c(SCC(=O)NNC(C)=O)nc2ccccc2c1=O. The summed E-state index contributed by atoms with van der Waals surface area (Å²) >= 11 is 1.19.